The Morgan fingerprint density at radius 3 is 2.79 bits per heavy atom. The van der Waals surface area contributed by atoms with E-state index in [1.54, 1.807) is 0 Å². The van der Waals surface area contributed by atoms with Gasteiger partial charge in [-0.05, 0) is 37.1 Å². The lowest BCUT2D eigenvalue weighted by atomic mass is 9.91. The summed E-state index contributed by atoms with van der Waals surface area (Å²) in [6.07, 6.45) is 4.43. The molecule has 0 spiro atoms. The molecule has 4 heteroatoms. The standard InChI is InChI=1S/C15H18ClN3/c1-19-15(12-3-2-8-17-9-12)14(10-18-19)11-4-6-13(16)7-5-11/h4-7,10,12,17H,2-3,8-9H2,1H3. The molecular weight excluding hydrogens is 258 g/mol. The molecule has 1 aliphatic heterocycles. The molecule has 1 atom stereocenters. The summed E-state index contributed by atoms with van der Waals surface area (Å²) in [7, 11) is 2.03. The third-order valence-electron chi connectivity index (χ3n) is 3.82. The monoisotopic (exact) mass is 275 g/mol. The molecular formula is C15H18ClN3. The molecule has 0 saturated carbocycles. The van der Waals surface area contributed by atoms with Gasteiger partial charge in [-0.1, -0.05) is 23.7 Å². The zero-order chi connectivity index (χ0) is 13.2. The number of nitrogens with one attached hydrogen (secondary N) is 1. The van der Waals surface area contributed by atoms with Gasteiger partial charge in [0.25, 0.3) is 0 Å². The Morgan fingerprint density at radius 2 is 2.11 bits per heavy atom. The Hall–Kier alpha value is -1.32. The fraction of sp³-hybridized carbons (Fsp3) is 0.400. The summed E-state index contributed by atoms with van der Waals surface area (Å²) in [5, 5.41) is 8.69. The second kappa shape index (κ2) is 5.35. The maximum Gasteiger partial charge on any atom is 0.0571 e. The molecule has 0 bridgehead atoms. The number of hydrogen-bond donors (Lipinski definition) is 1. The van der Waals surface area contributed by atoms with Crippen molar-refractivity contribution < 1.29 is 0 Å². The van der Waals surface area contributed by atoms with Crippen molar-refractivity contribution in [2.75, 3.05) is 13.1 Å². The van der Waals surface area contributed by atoms with E-state index in [0.717, 1.165) is 18.1 Å². The predicted octanol–water partition coefficient (Wildman–Crippen LogP) is 3.21. The van der Waals surface area contributed by atoms with Gasteiger partial charge in [-0.15, -0.1) is 0 Å². The molecule has 1 fully saturated rings. The van der Waals surface area contributed by atoms with Gasteiger partial charge in [0.05, 0.1) is 11.9 Å². The predicted molar refractivity (Wildman–Crippen MR) is 78.5 cm³/mol. The van der Waals surface area contributed by atoms with Gasteiger partial charge >= 0.3 is 0 Å². The molecule has 1 aliphatic rings. The van der Waals surface area contributed by atoms with Crippen LogP contribution in [0.2, 0.25) is 5.02 Å². The second-order valence-corrected chi connectivity index (χ2v) is 5.55. The minimum atomic E-state index is 0.548. The van der Waals surface area contributed by atoms with E-state index in [0.29, 0.717) is 5.92 Å². The summed E-state index contributed by atoms with van der Waals surface area (Å²) in [5.41, 5.74) is 3.75. The quantitative estimate of drug-likeness (QED) is 0.912. The fourth-order valence-electron chi connectivity index (χ4n) is 2.87. The first-order valence-electron chi connectivity index (χ1n) is 6.74. The molecule has 2 aromatic rings. The molecule has 1 aromatic carbocycles. The highest BCUT2D eigenvalue weighted by Crippen LogP contribution is 2.32. The molecule has 1 unspecified atom stereocenters. The second-order valence-electron chi connectivity index (χ2n) is 5.12. The van der Waals surface area contributed by atoms with Crippen molar-refractivity contribution in [1.29, 1.82) is 0 Å². The Morgan fingerprint density at radius 1 is 1.32 bits per heavy atom. The average Bonchev–Trinajstić information content (AvgIpc) is 2.82. The van der Waals surface area contributed by atoms with Crippen molar-refractivity contribution in [3.05, 3.63) is 41.2 Å². The zero-order valence-electron chi connectivity index (χ0n) is 11.1. The largest absolute Gasteiger partial charge is 0.316 e. The first-order valence-corrected chi connectivity index (χ1v) is 7.12. The van der Waals surface area contributed by atoms with Crippen LogP contribution >= 0.6 is 11.6 Å². The van der Waals surface area contributed by atoms with E-state index in [4.69, 9.17) is 11.6 Å². The summed E-state index contributed by atoms with van der Waals surface area (Å²) in [5.74, 6) is 0.548. The number of piperidine rings is 1. The van der Waals surface area contributed by atoms with E-state index in [1.165, 1.54) is 29.7 Å². The van der Waals surface area contributed by atoms with Crippen LogP contribution in [0.1, 0.15) is 24.5 Å². The minimum absolute atomic E-state index is 0.548. The van der Waals surface area contributed by atoms with Crippen molar-refractivity contribution in [2.24, 2.45) is 7.05 Å². The van der Waals surface area contributed by atoms with Gasteiger partial charge in [-0.2, -0.15) is 5.10 Å². The van der Waals surface area contributed by atoms with Crippen molar-refractivity contribution in [2.45, 2.75) is 18.8 Å². The average molecular weight is 276 g/mol. The van der Waals surface area contributed by atoms with Crippen LogP contribution in [0.15, 0.2) is 30.5 Å². The smallest absolute Gasteiger partial charge is 0.0571 e. The summed E-state index contributed by atoms with van der Waals surface area (Å²) in [6, 6.07) is 8.01. The van der Waals surface area contributed by atoms with Gasteiger partial charge in [0.2, 0.25) is 0 Å². The lowest BCUT2D eigenvalue weighted by Crippen LogP contribution is -2.29. The molecule has 1 saturated heterocycles. The van der Waals surface area contributed by atoms with Crippen molar-refractivity contribution in [1.82, 2.24) is 15.1 Å². The summed E-state index contributed by atoms with van der Waals surface area (Å²) in [4.78, 5) is 0. The Kier molecular flexibility index (Phi) is 3.58. The van der Waals surface area contributed by atoms with Crippen molar-refractivity contribution in [3.63, 3.8) is 0 Å². The van der Waals surface area contributed by atoms with E-state index < -0.39 is 0 Å². The number of hydrogen-bond acceptors (Lipinski definition) is 2. The van der Waals surface area contributed by atoms with E-state index in [-0.39, 0.29) is 0 Å². The van der Waals surface area contributed by atoms with Gasteiger partial charge < -0.3 is 5.32 Å². The highest BCUT2D eigenvalue weighted by Gasteiger charge is 2.22. The number of benzene rings is 1. The molecule has 0 amide bonds. The topological polar surface area (TPSA) is 29.9 Å². The highest BCUT2D eigenvalue weighted by atomic mass is 35.5. The molecule has 1 aromatic heterocycles. The van der Waals surface area contributed by atoms with Crippen LogP contribution in [0.5, 0.6) is 0 Å². The molecule has 0 aliphatic carbocycles. The first-order chi connectivity index (χ1) is 9.25. The van der Waals surface area contributed by atoms with Crippen molar-refractivity contribution in [3.8, 4) is 11.1 Å². The van der Waals surface area contributed by atoms with Crippen LogP contribution < -0.4 is 5.32 Å². The van der Waals surface area contributed by atoms with Gasteiger partial charge in [-0.25, -0.2) is 0 Å². The number of halogens is 1. The molecule has 3 nitrogen and oxygen atoms in total. The zero-order valence-corrected chi connectivity index (χ0v) is 11.8. The Balaban J connectivity index is 1.99. The fourth-order valence-corrected chi connectivity index (χ4v) is 2.99. The van der Waals surface area contributed by atoms with Gasteiger partial charge in [-0.3, -0.25) is 4.68 Å². The van der Waals surface area contributed by atoms with E-state index in [1.807, 2.05) is 30.1 Å². The van der Waals surface area contributed by atoms with Crippen LogP contribution in [-0.4, -0.2) is 22.9 Å². The first kappa shape index (κ1) is 12.7. The lowest BCUT2D eigenvalue weighted by molar-refractivity contribution is 0.442. The maximum absolute atomic E-state index is 5.96. The molecule has 3 rings (SSSR count). The SMILES string of the molecule is Cn1ncc(-c2ccc(Cl)cc2)c1C1CCCNC1. The highest BCUT2D eigenvalue weighted by molar-refractivity contribution is 6.30. The Labute approximate surface area is 118 Å². The van der Waals surface area contributed by atoms with Crippen LogP contribution in [0.25, 0.3) is 11.1 Å². The van der Waals surface area contributed by atoms with Crippen LogP contribution in [0.3, 0.4) is 0 Å². The van der Waals surface area contributed by atoms with Crippen LogP contribution in [0, 0.1) is 0 Å². The molecule has 0 radical (unpaired) electrons. The molecule has 1 N–H and O–H groups in total. The van der Waals surface area contributed by atoms with E-state index in [9.17, 15) is 0 Å². The normalized spacial score (nSPS) is 19.6. The molecule has 19 heavy (non-hydrogen) atoms. The molecule has 2 heterocycles. The lowest BCUT2D eigenvalue weighted by Gasteiger charge is -2.24. The Bertz CT molecular complexity index is 553. The number of aromatic nitrogens is 2. The van der Waals surface area contributed by atoms with Gasteiger partial charge in [0, 0.05) is 30.1 Å². The number of rotatable bonds is 2. The van der Waals surface area contributed by atoms with Crippen LogP contribution in [0.4, 0.5) is 0 Å². The third-order valence-corrected chi connectivity index (χ3v) is 4.08. The summed E-state index contributed by atoms with van der Waals surface area (Å²) < 4.78 is 2.02. The summed E-state index contributed by atoms with van der Waals surface area (Å²) in [6.45, 7) is 2.17. The van der Waals surface area contributed by atoms with E-state index in [2.05, 4.69) is 22.5 Å². The number of nitrogens with zero attached hydrogens (tertiary/aromatic N) is 2. The van der Waals surface area contributed by atoms with Crippen LogP contribution in [-0.2, 0) is 7.05 Å². The maximum atomic E-state index is 5.96. The van der Waals surface area contributed by atoms with Gasteiger partial charge in [0.15, 0.2) is 0 Å². The number of aryl methyl sites for hydroxylation is 1. The molecule has 100 valence electrons. The van der Waals surface area contributed by atoms with E-state index >= 15 is 0 Å². The van der Waals surface area contributed by atoms with Crippen molar-refractivity contribution >= 4 is 11.6 Å². The minimum Gasteiger partial charge on any atom is -0.316 e. The summed E-state index contributed by atoms with van der Waals surface area (Å²) >= 11 is 5.96. The van der Waals surface area contributed by atoms with Gasteiger partial charge in [0.1, 0.15) is 0 Å². The third kappa shape index (κ3) is 2.53.